The summed E-state index contributed by atoms with van der Waals surface area (Å²) in [6.45, 7) is 2.05. The normalized spacial score (nSPS) is 14.4. The third-order valence-electron chi connectivity index (χ3n) is 3.64. The van der Waals surface area contributed by atoms with Crippen molar-refractivity contribution >= 4 is 40.4 Å². The zero-order chi connectivity index (χ0) is 16.4. The van der Waals surface area contributed by atoms with Gasteiger partial charge in [0.15, 0.2) is 0 Å². The van der Waals surface area contributed by atoms with E-state index in [1.54, 1.807) is 46.8 Å². The molecule has 0 bridgehead atoms. The topological polar surface area (TPSA) is 46.2 Å². The molecule has 0 spiro atoms. The van der Waals surface area contributed by atoms with Gasteiger partial charge in [0.05, 0.1) is 0 Å². The maximum Gasteiger partial charge on any atom is 0.503 e. The fourth-order valence-corrected chi connectivity index (χ4v) is 8.47. The Bertz CT molecular complexity index is 258. The monoisotopic (exact) mass is 374 g/mol. The Morgan fingerprint density at radius 3 is 1.81 bits per heavy atom. The third kappa shape index (κ3) is 6.92. The second-order valence-corrected chi connectivity index (χ2v) is 14.7. The highest BCUT2D eigenvalue weighted by Crippen LogP contribution is 2.35. The van der Waals surface area contributed by atoms with E-state index in [4.69, 9.17) is 22.1 Å². The predicted octanol–water partition coefficient (Wildman–Crippen LogP) is 2.93. The standard InChI is InChI=1S/C12H30O5S2Si2/c1-13-20(6,14-2)19-11-9-12(8-7-10-18)21(15-3,16-4)17-5/h12,18H,7-11H2,1-6H3. The summed E-state index contributed by atoms with van der Waals surface area (Å²) in [5, 5.41) is 0. The van der Waals surface area contributed by atoms with Gasteiger partial charge in [0, 0.05) is 41.1 Å². The van der Waals surface area contributed by atoms with E-state index in [2.05, 4.69) is 12.6 Å². The second-order valence-electron chi connectivity index (χ2n) is 4.69. The number of hydrogen-bond donors (Lipinski definition) is 1. The second kappa shape index (κ2) is 11.5. The van der Waals surface area contributed by atoms with Crippen LogP contribution >= 0.6 is 23.8 Å². The molecule has 0 saturated carbocycles. The molecule has 0 aromatic heterocycles. The smallest absolute Gasteiger partial charge is 0.390 e. The van der Waals surface area contributed by atoms with Crippen LogP contribution in [0.25, 0.3) is 0 Å². The maximum atomic E-state index is 5.64. The Kier molecular flexibility index (Phi) is 12.0. The lowest BCUT2D eigenvalue weighted by Gasteiger charge is -2.33. The van der Waals surface area contributed by atoms with Crippen molar-refractivity contribution in [1.29, 1.82) is 0 Å². The first kappa shape index (κ1) is 21.9. The van der Waals surface area contributed by atoms with Gasteiger partial charge < -0.3 is 22.1 Å². The summed E-state index contributed by atoms with van der Waals surface area (Å²) in [6.07, 6.45) is 2.96. The number of hydrogen-bond acceptors (Lipinski definition) is 7. The Morgan fingerprint density at radius 2 is 1.43 bits per heavy atom. The molecule has 0 N–H and O–H groups in total. The van der Waals surface area contributed by atoms with E-state index >= 15 is 0 Å². The molecule has 0 aliphatic heterocycles. The largest absolute Gasteiger partial charge is 0.503 e. The minimum atomic E-state index is -2.61. The SMILES string of the molecule is CO[Si](C)(OC)SCCC(CCCS)[Si](OC)(OC)OC. The van der Waals surface area contributed by atoms with Crippen LogP contribution in [0.5, 0.6) is 0 Å². The molecule has 1 unspecified atom stereocenters. The highest BCUT2D eigenvalue weighted by Gasteiger charge is 2.46. The lowest BCUT2D eigenvalue weighted by Crippen LogP contribution is -2.48. The van der Waals surface area contributed by atoms with Gasteiger partial charge in [-0.2, -0.15) is 12.6 Å². The molecule has 0 aromatic rings. The molecule has 0 radical (unpaired) electrons. The molecule has 0 aliphatic carbocycles. The first-order valence-corrected chi connectivity index (χ1v) is 13.4. The molecule has 0 fully saturated rings. The summed E-state index contributed by atoms with van der Waals surface area (Å²) in [6, 6.07) is 0. The molecule has 0 rings (SSSR count). The molecule has 9 heteroatoms. The Labute approximate surface area is 141 Å². The van der Waals surface area contributed by atoms with E-state index in [0.29, 0.717) is 0 Å². The van der Waals surface area contributed by atoms with Gasteiger partial charge in [-0.3, -0.25) is 0 Å². The molecular weight excluding hydrogens is 344 g/mol. The van der Waals surface area contributed by atoms with Gasteiger partial charge in [-0.05, 0) is 37.3 Å². The lowest BCUT2D eigenvalue weighted by molar-refractivity contribution is 0.109. The van der Waals surface area contributed by atoms with E-state index in [1.165, 1.54) is 0 Å². The van der Waals surface area contributed by atoms with Crippen LogP contribution in [0.1, 0.15) is 19.3 Å². The summed E-state index contributed by atoms with van der Waals surface area (Å²) in [5.74, 6) is 1.79. The van der Waals surface area contributed by atoms with E-state index < -0.39 is 16.5 Å². The van der Waals surface area contributed by atoms with Crippen LogP contribution in [0.15, 0.2) is 0 Å². The van der Waals surface area contributed by atoms with Crippen LogP contribution in [-0.2, 0) is 22.1 Å². The minimum absolute atomic E-state index is 0.268. The fourth-order valence-electron chi connectivity index (χ4n) is 2.17. The summed E-state index contributed by atoms with van der Waals surface area (Å²) in [7, 11) is 3.72. The molecule has 21 heavy (non-hydrogen) atoms. The van der Waals surface area contributed by atoms with E-state index in [-0.39, 0.29) is 5.54 Å². The summed E-state index contributed by atoms with van der Waals surface area (Å²) in [5.41, 5.74) is 0.268. The Balaban J connectivity index is 4.69. The van der Waals surface area contributed by atoms with Crippen molar-refractivity contribution in [1.82, 2.24) is 0 Å². The van der Waals surface area contributed by atoms with Crippen LogP contribution in [-0.4, -0.2) is 63.6 Å². The van der Waals surface area contributed by atoms with Crippen molar-refractivity contribution in [3.63, 3.8) is 0 Å². The van der Waals surface area contributed by atoms with Gasteiger partial charge in [-0.25, -0.2) is 0 Å². The van der Waals surface area contributed by atoms with Crippen molar-refractivity contribution in [3.05, 3.63) is 0 Å². The van der Waals surface area contributed by atoms with Crippen molar-refractivity contribution in [2.45, 2.75) is 31.4 Å². The fraction of sp³-hybridized carbons (Fsp3) is 1.00. The van der Waals surface area contributed by atoms with Crippen LogP contribution in [0.3, 0.4) is 0 Å². The summed E-state index contributed by atoms with van der Waals surface area (Å²) >= 11 is 6.06. The van der Waals surface area contributed by atoms with E-state index in [0.717, 1.165) is 30.8 Å². The van der Waals surface area contributed by atoms with E-state index in [9.17, 15) is 0 Å². The van der Waals surface area contributed by atoms with Crippen molar-refractivity contribution in [2.24, 2.45) is 0 Å². The summed E-state index contributed by atoms with van der Waals surface area (Å²) in [4.78, 5) is 0. The van der Waals surface area contributed by atoms with Crippen LogP contribution in [0, 0.1) is 0 Å². The lowest BCUT2D eigenvalue weighted by atomic mass is 10.2. The van der Waals surface area contributed by atoms with Gasteiger partial charge in [0.1, 0.15) is 0 Å². The highest BCUT2D eigenvalue weighted by molar-refractivity contribution is 8.27. The van der Waals surface area contributed by atoms with E-state index in [1.807, 2.05) is 6.55 Å². The Hall–Kier alpha value is 0.934. The first-order chi connectivity index (χ1) is 9.97. The molecule has 0 aliphatic rings. The van der Waals surface area contributed by atoms with Crippen LogP contribution < -0.4 is 0 Å². The number of thiol groups is 1. The average Bonchev–Trinajstić information content (AvgIpc) is 2.53. The third-order valence-corrected chi connectivity index (χ3v) is 12.9. The van der Waals surface area contributed by atoms with Gasteiger partial charge in [0.25, 0.3) is 0 Å². The van der Waals surface area contributed by atoms with Gasteiger partial charge in [-0.15, -0.1) is 11.2 Å². The average molecular weight is 375 g/mol. The molecule has 0 heterocycles. The number of rotatable bonds is 13. The molecular formula is C12H30O5S2Si2. The highest BCUT2D eigenvalue weighted by atomic mass is 32.4. The van der Waals surface area contributed by atoms with Crippen LogP contribution in [0.2, 0.25) is 12.1 Å². The predicted molar refractivity (Wildman–Crippen MR) is 96.3 cm³/mol. The zero-order valence-corrected chi connectivity index (χ0v) is 17.7. The van der Waals surface area contributed by atoms with Crippen LogP contribution in [0.4, 0.5) is 0 Å². The van der Waals surface area contributed by atoms with Gasteiger partial charge >= 0.3 is 16.5 Å². The zero-order valence-electron chi connectivity index (χ0n) is 14.0. The maximum absolute atomic E-state index is 5.64. The molecule has 0 amide bonds. The minimum Gasteiger partial charge on any atom is -0.390 e. The first-order valence-electron chi connectivity index (χ1n) is 6.98. The van der Waals surface area contributed by atoms with Crippen molar-refractivity contribution in [3.8, 4) is 0 Å². The molecule has 0 saturated heterocycles. The Morgan fingerprint density at radius 1 is 0.905 bits per heavy atom. The quantitative estimate of drug-likeness (QED) is 0.395. The van der Waals surface area contributed by atoms with Gasteiger partial charge in [0.2, 0.25) is 0 Å². The molecule has 5 nitrogen and oxygen atoms in total. The summed E-state index contributed by atoms with van der Waals surface area (Å²) < 4.78 is 27.9. The van der Waals surface area contributed by atoms with Crippen molar-refractivity contribution < 1.29 is 22.1 Å². The molecule has 1 atom stereocenters. The molecule has 0 aromatic carbocycles. The van der Waals surface area contributed by atoms with Gasteiger partial charge in [-0.1, -0.05) is 0 Å². The molecule has 128 valence electrons. The van der Waals surface area contributed by atoms with Crippen molar-refractivity contribution in [2.75, 3.05) is 47.1 Å².